The predicted molar refractivity (Wildman–Crippen MR) is 62.9 cm³/mol. The molecule has 0 saturated heterocycles. The number of rotatable bonds is 5. The van der Waals surface area contributed by atoms with Crippen molar-refractivity contribution in [2.24, 2.45) is 0 Å². The van der Waals surface area contributed by atoms with Gasteiger partial charge in [0, 0.05) is 12.1 Å². The molecule has 0 bridgehead atoms. The molecule has 0 aromatic heterocycles. The van der Waals surface area contributed by atoms with Crippen molar-refractivity contribution in [2.75, 3.05) is 13.7 Å². The largest absolute Gasteiger partial charge is 0.486 e. The second-order valence-electron chi connectivity index (χ2n) is 3.17. The molecule has 8 heteroatoms. The monoisotopic (exact) mass is 321 g/mol. The van der Waals surface area contributed by atoms with Crippen LogP contribution in [0.2, 0.25) is 0 Å². The molecule has 0 radical (unpaired) electrons. The zero-order valence-electron chi connectivity index (χ0n) is 9.31. The smallest absolute Gasteiger partial charge is 0.312 e. The van der Waals surface area contributed by atoms with Gasteiger partial charge in [-0.05, 0) is 15.9 Å². The van der Waals surface area contributed by atoms with E-state index in [1.54, 1.807) is 0 Å². The molecular weight excluding hydrogens is 313 g/mol. The first-order valence-electron chi connectivity index (χ1n) is 4.78. The Hall–Kier alpha value is -1.70. The molecule has 0 saturated carbocycles. The summed E-state index contributed by atoms with van der Waals surface area (Å²) in [5.74, 6) is -1.44. The molecule has 0 aliphatic heterocycles. The molecule has 0 aliphatic carbocycles. The number of methoxy groups -OCH3 is 1. The third kappa shape index (κ3) is 3.66. The minimum absolute atomic E-state index is 0.0329. The zero-order valence-corrected chi connectivity index (χ0v) is 10.9. The SMILES string of the molecule is COC(=O)CCOc1cc(F)c(Br)cc1[N+](=O)[O-]. The third-order valence-electron chi connectivity index (χ3n) is 1.99. The van der Waals surface area contributed by atoms with Crippen molar-refractivity contribution in [1.82, 2.24) is 0 Å². The number of carbonyl (C=O) groups is 1. The van der Waals surface area contributed by atoms with Crippen molar-refractivity contribution in [3.63, 3.8) is 0 Å². The van der Waals surface area contributed by atoms with E-state index in [1.807, 2.05) is 0 Å². The van der Waals surface area contributed by atoms with Gasteiger partial charge in [-0.1, -0.05) is 0 Å². The van der Waals surface area contributed by atoms with E-state index >= 15 is 0 Å². The Morgan fingerprint density at radius 3 is 2.78 bits per heavy atom. The maximum atomic E-state index is 13.2. The van der Waals surface area contributed by atoms with Crippen molar-refractivity contribution >= 4 is 27.6 Å². The number of nitrogens with zero attached hydrogens (tertiary/aromatic N) is 1. The molecule has 1 aromatic rings. The molecule has 1 rings (SSSR count). The van der Waals surface area contributed by atoms with Crippen LogP contribution in [-0.2, 0) is 9.53 Å². The summed E-state index contributed by atoms with van der Waals surface area (Å²) in [6.07, 6.45) is -0.0780. The molecule has 0 unspecified atom stereocenters. The summed E-state index contributed by atoms with van der Waals surface area (Å²) in [6.45, 7) is -0.130. The summed E-state index contributed by atoms with van der Waals surface area (Å²) < 4.78 is 22.6. The van der Waals surface area contributed by atoms with E-state index in [4.69, 9.17) is 4.74 Å². The Kier molecular flexibility index (Phi) is 5.02. The van der Waals surface area contributed by atoms with Crippen LogP contribution in [0.5, 0.6) is 5.75 Å². The van der Waals surface area contributed by atoms with E-state index in [0.29, 0.717) is 0 Å². The molecule has 98 valence electrons. The first kappa shape index (κ1) is 14.4. The highest BCUT2D eigenvalue weighted by atomic mass is 79.9. The van der Waals surface area contributed by atoms with E-state index in [-0.39, 0.29) is 28.9 Å². The van der Waals surface area contributed by atoms with E-state index in [1.165, 1.54) is 7.11 Å². The molecule has 6 nitrogen and oxygen atoms in total. The first-order valence-corrected chi connectivity index (χ1v) is 5.58. The lowest BCUT2D eigenvalue weighted by Crippen LogP contribution is -2.08. The van der Waals surface area contributed by atoms with Gasteiger partial charge in [0.15, 0.2) is 5.75 Å². The predicted octanol–water partition coefficient (Wildman–Crippen LogP) is 2.44. The number of nitro groups is 1. The van der Waals surface area contributed by atoms with Crippen LogP contribution in [0.15, 0.2) is 16.6 Å². The van der Waals surface area contributed by atoms with Crippen LogP contribution < -0.4 is 4.74 Å². The molecule has 18 heavy (non-hydrogen) atoms. The fourth-order valence-electron chi connectivity index (χ4n) is 1.12. The molecule has 0 N–H and O–H groups in total. The lowest BCUT2D eigenvalue weighted by molar-refractivity contribution is -0.386. The van der Waals surface area contributed by atoms with Gasteiger partial charge in [-0.2, -0.15) is 0 Å². The highest BCUT2D eigenvalue weighted by Crippen LogP contribution is 2.32. The van der Waals surface area contributed by atoms with E-state index in [2.05, 4.69) is 20.7 Å². The number of hydrogen-bond donors (Lipinski definition) is 0. The van der Waals surface area contributed by atoms with E-state index in [9.17, 15) is 19.3 Å². The van der Waals surface area contributed by atoms with Gasteiger partial charge in [0.05, 0.1) is 29.5 Å². The highest BCUT2D eigenvalue weighted by molar-refractivity contribution is 9.10. The lowest BCUT2D eigenvalue weighted by atomic mass is 10.3. The van der Waals surface area contributed by atoms with E-state index in [0.717, 1.165) is 12.1 Å². The summed E-state index contributed by atoms with van der Waals surface area (Å²) in [7, 11) is 1.21. The summed E-state index contributed by atoms with van der Waals surface area (Å²) in [5.41, 5.74) is -0.381. The third-order valence-corrected chi connectivity index (χ3v) is 2.60. The Morgan fingerprint density at radius 1 is 1.56 bits per heavy atom. The molecular formula is C10H9BrFNO5. The average molecular weight is 322 g/mol. The average Bonchev–Trinajstić information content (AvgIpc) is 2.32. The number of esters is 1. The number of carbonyl (C=O) groups excluding carboxylic acids is 1. The molecule has 0 fully saturated rings. The fraction of sp³-hybridized carbons (Fsp3) is 0.300. The Balaban J connectivity index is 2.83. The summed E-state index contributed by atoms with van der Waals surface area (Å²) >= 11 is 2.84. The molecule has 0 spiro atoms. The molecule has 0 atom stereocenters. The van der Waals surface area contributed by atoms with Gasteiger partial charge in [-0.3, -0.25) is 14.9 Å². The highest BCUT2D eigenvalue weighted by Gasteiger charge is 2.19. The second kappa shape index (κ2) is 6.29. The number of benzene rings is 1. The second-order valence-corrected chi connectivity index (χ2v) is 4.02. The van der Waals surface area contributed by atoms with Crippen LogP contribution >= 0.6 is 15.9 Å². The Bertz CT molecular complexity index is 480. The molecule has 1 aromatic carbocycles. The van der Waals surface area contributed by atoms with Crippen LogP contribution in [0.25, 0.3) is 0 Å². The minimum Gasteiger partial charge on any atom is -0.486 e. The fourth-order valence-corrected chi connectivity index (χ4v) is 1.45. The summed E-state index contributed by atoms with van der Waals surface area (Å²) in [5, 5.41) is 10.7. The van der Waals surface area contributed by atoms with Crippen LogP contribution in [0.3, 0.4) is 0 Å². The Labute approximate surface area is 110 Å². The minimum atomic E-state index is -0.697. The molecule has 0 aliphatic rings. The van der Waals surface area contributed by atoms with Crippen molar-refractivity contribution in [1.29, 1.82) is 0 Å². The number of nitro benzene ring substituents is 1. The van der Waals surface area contributed by atoms with Gasteiger partial charge in [0.1, 0.15) is 5.82 Å². The van der Waals surface area contributed by atoms with Gasteiger partial charge >= 0.3 is 11.7 Å². The lowest BCUT2D eigenvalue weighted by Gasteiger charge is -2.06. The van der Waals surface area contributed by atoms with Gasteiger partial charge in [-0.15, -0.1) is 0 Å². The summed E-state index contributed by atoms with van der Waals surface area (Å²) in [6, 6.07) is 1.89. The number of halogens is 2. The molecule has 0 amide bonds. The zero-order chi connectivity index (χ0) is 13.7. The van der Waals surface area contributed by atoms with Crippen molar-refractivity contribution in [2.45, 2.75) is 6.42 Å². The normalized spacial score (nSPS) is 9.94. The summed E-state index contributed by atoms with van der Waals surface area (Å²) in [4.78, 5) is 20.9. The standard InChI is InChI=1S/C10H9BrFNO5/c1-17-10(14)2-3-18-9-5-7(12)6(11)4-8(9)13(15)16/h4-5H,2-3H2,1H3. The van der Waals surface area contributed by atoms with E-state index < -0.39 is 16.7 Å². The maximum Gasteiger partial charge on any atom is 0.312 e. The van der Waals surface area contributed by atoms with Crippen LogP contribution in [0.4, 0.5) is 10.1 Å². The van der Waals surface area contributed by atoms with Crippen molar-refractivity contribution in [3.8, 4) is 5.75 Å². The van der Waals surface area contributed by atoms with Gasteiger partial charge in [0.25, 0.3) is 0 Å². The van der Waals surface area contributed by atoms with Gasteiger partial charge < -0.3 is 9.47 Å². The van der Waals surface area contributed by atoms with Crippen molar-refractivity contribution < 1.29 is 23.6 Å². The van der Waals surface area contributed by atoms with Crippen LogP contribution in [0, 0.1) is 15.9 Å². The van der Waals surface area contributed by atoms with Crippen LogP contribution in [-0.4, -0.2) is 24.6 Å². The topological polar surface area (TPSA) is 78.7 Å². The van der Waals surface area contributed by atoms with Crippen molar-refractivity contribution in [3.05, 3.63) is 32.5 Å². The quantitative estimate of drug-likeness (QED) is 0.473. The van der Waals surface area contributed by atoms with Gasteiger partial charge in [-0.25, -0.2) is 4.39 Å². The number of ether oxygens (including phenoxy) is 2. The number of hydrogen-bond acceptors (Lipinski definition) is 5. The van der Waals surface area contributed by atoms with Crippen LogP contribution in [0.1, 0.15) is 6.42 Å². The first-order chi connectivity index (χ1) is 8.45. The van der Waals surface area contributed by atoms with Gasteiger partial charge in [0.2, 0.25) is 0 Å². The Morgan fingerprint density at radius 2 is 2.22 bits per heavy atom. The maximum absolute atomic E-state index is 13.2. The molecule has 0 heterocycles.